The number of hydrogen-bond acceptors (Lipinski definition) is 2. The molecule has 1 aromatic carbocycles. The van der Waals surface area contributed by atoms with Gasteiger partial charge in [-0.05, 0) is 46.5 Å². The lowest BCUT2D eigenvalue weighted by atomic mass is 9.90. The molecule has 2 heteroatoms. The van der Waals surface area contributed by atoms with E-state index in [1.54, 1.807) is 16.9 Å². The van der Waals surface area contributed by atoms with Crippen LogP contribution in [-0.4, -0.2) is 6.54 Å². The summed E-state index contributed by atoms with van der Waals surface area (Å²) in [4.78, 5) is 2.55. The average Bonchev–Trinajstić information content (AvgIpc) is 3.14. The van der Waals surface area contributed by atoms with Gasteiger partial charge < -0.3 is 4.90 Å². The highest BCUT2D eigenvalue weighted by atomic mass is 32.1. The van der Waals surface area contributed by atoms with E-state index in [9.17, 15) is 0 Å². The van der Waals surface area contributed by atoms with Crippen molar-refractivity contribution < 1.29 is 0 Å². The standard InChI is InChI=1S/C18H17NS/c1-2-7-16(8-3-1)19-12-14-6-4-5-9-17(14)18(19)15-10-11-20-13-15/h1-4,6-11,13-14,18H,5,12H2/t14-,18-/m1/s1. The number of thiophene rings is 1. The topological polar surface area (TPSA) is 3.24 Å². The third-order valence-corrected chi connectivity index (χ3v) is 4.96. The number of nitrogens with zero attached hydrogens (tertiary/aromatic N) is 1. The zero-order valence-corrected chi connectivity index (χ0v) is 12.1. The number of hydrogen-bond donors (Lipinski definition) is 0. The highest BCUT2D eigenvalue weighted by Crippen LogP contribution is 2.45. The van der Waals surface area contributed by atoms with Gasteiger partial charge in [-0.15, -0.1) is 0 Å². The van der Waals surface area contributed by atoms with Gasteiger partial charge in [-0.3, -0.25) is 0 Å². The largest absolute Gasteiger partial charge is 0.360 e. The molecule has 0 unspecified atom stereocenters. The van der Waals surface area contributed by atoms with Crippen molar-refractivity contribution in [2.24, 2.45) is 5.92 Å². The third-order valence-electron chi connectivity index (χ3n) is 4.25. The van der Waals surface area contributed by atoms with E-state index in [1.165, 1.54) is 11.3 Å². The maximum atomic E-state index is 2.55. The quantitative estimate of drug-likeness (QED) is 0.713. The van der Waals surface area contributed by atoms with E-state index in [0.29, 0.717) is 12.0 Å². The lowest BCUT2D eigenvalue weighted by molar-refractivity contribution is 0.802. The molecule has 2 aromatic rings. The third kappa shape index (κ3) is 1.92. The monoisotopic (exact) mass is 279 g/mol. The molecule has 0 N–H and O–H groups in total. The van der Waals surface area contributed by atoms with Crippen LogP contribution in [0.2, 0.25) is 0 Å². The van der Waals surface area contributed by atoms with Crippen LogP contribution in [0.15, 0.2) is 71.0 Å². The fraction of sp³-hybridized carbons (Fsp3) is 0.222. The summed E-state index contributed by atoms with van der Waals surface area (Å²) < 4.78 is 0. The molecule has 1 nitrogen and oxygen atoms in total. The van der Waals surface area contributed by atoms with Gasteiger partial charge in [-0.2, -0.15) is 11.3 Å². The Bertz CT molecular complexity index is 639. The first-order chi connectivity index (χ1) is 9.93. The Morgan fingerprint density at radius 1 is 1.10 bits per heavy atom. The first kappa shape index (κ1) is 12.0. The Kier molecular flexibility index (Phi) is 2.96. The number of para-hydroxylation sites is 1. The summed E-state index contributed by atoms with van der Waals surface area (Å²) in [7, 11) is 0. The smallest absolute Gasteiger partial charge is 0.0770 e. The van der Waals surface area contributed by atoms with Crippen molar-refractivity contribution in [3.05, 3.63) is 76.5 Å². The highest BCUT2D eigenvalue weighted by molar-refractivity contribution is 7.08. The first-order valence-corrected chi connectivity index (χ1v) is 8.08. The lowest BCUT2D eigenvalue weighted by Gasteiger charge is -2.27. The molecule has 0 bridgehead atoms. The lowest BCUT2D eigenvalue weighted by Crippen LogP contribution is -2.23. The van der Waals surface area contributed by atoms with Crippen molar-refractivity contribution in [2.45, 2.75) is 12.5 Å². The van der Waals surface area contributed by atoms with Gasteiger partial charge in [0.05, 0.1) is 6.04 Å². The Balaban J connectivity index is 1.79. The molecular formula is C18H17NS. The average molecular weight is 279 g/mol. The van der Waals surface area contributed by atoms with E-state index in [0.717, 1.165) is 13.0 Å². The van der Waals surface area contributed by atoms with Crippen molar-refractivity contribution in [3.8, 4) is 0 Å². The molecule has 20 heavy (non-hydrogen) atoms. The molecule has 4 rings (SSSR count). The Morgan fingerprint density at radius 3 is 2.80 bits per heavy atom. The molecule has 2 aliphatic rings. The van der Waals surface area contributed by atoms with Crippen molar-refractivity contribution in [3.63, 3.8) is 0 Å². The van der Waals surface area contributed by atoms with Crippen molar-refractivity contribution in [1.82, 2.24) is 0 Å². The van der Waals surface area contributed by atoms with Crippen molar-refractivity contribution >= 4 is 17.0 Å². The zero-order valence-electron chi connectivity index (χ0n) is 11.3. The van der Waals surface area contributed by atoms with E-state index in [-0.39, 0.29) is 0 Å². The summed E-state index contributed by atoms with van der Waals surface area (Å²) in [6.07, 6.45) is 8.19. The van der Waals surface area contributed by atoms with Crippen LogP contribution in [0.25, 0.3) is 0 Å². The van der Waals surface area contributed by atoms with Gasteiger partial charge in [0.2, 0.25) is 0 Å². The molecule has 0 amide bonds. The summed E-state index contributed by atoms with van der Waals surface area (Å²) >= 11 is 1.79. The van der Waals surface area contributed by atoms with Crippen LogP contribution in [0.4, 0.5) is 5.69 Å². The second-order valence-corrected chi connectivity index (χ2v) is 6.20. The molecule has 2 heterocycles. The molecule has 100 valence electrons. The zero-order chi connectivity index (χ0) is 13.4. The van der Waals surface area contributed by atoms with Crippen LogP contribution < -0.4 is 4.90 Å². The number of benzene rings is 1. The van der Waals surface area contributed by atoms with Crippen LogP contribution in [-0.2, 0) is 0 Å². The SMILES string of the molecule is C1=C[C@@H]2CN(c3ccccc3)[C@H](c3ccsc3)C2=CC1. The number of fused-ring (bicyclic) bond motifs is 1. The second-order valence-electron chi connectivity index (χ2n) is 5.42. The summed E-state index contributed by atoms with van der Waals surface area (Å²) in [5, 5.41) is 4.48. The molecular weight excluding hydrogens is 262 g/mol. The van der Waals surface area contributed by atoms with Crippen LogP contribution >= 0.6 is 11.3 Å². The van der Waals surface area contributed by atoms with Gasteiger partial charge in [-0.25, -0.2) is 0 Å². The summed E-state index contributed by atoms with van der Waals surface area (Å²) in [6.45, 7) is 1.09. The predicted octanol–water partition coefficient (Wildman–Crippen LogP) is 4.81. The normalized spacial score (nSPS) is 24.6. The molecule has 1 aliphatic heterocycles. The van der Waals surface area contributed by atoms with Crippen LogP contribution in [0.5, 0.6) is 0 Å². The van der Waals surface area contributed by atoms with Gasteiger partial charge in [0.15, 0.2) is 0 Å². The van der Waals surface area contributed by atoms with Gasteiger partial charge in [0, 0.05) is 18.2 Å². The predicted molar refractivity (Wildman–Crippen MR) is 86.2 cm³/mol. The highest BCUT2D eigenvalue weighted by Gasteiger charge is 2.37. The number of anilines is 1. The fourth-order valence-electron chi connectivity index (χ4n) is 3.36. The number of rotatable bonds is 2. The Morgan fingerprint density at radius 2 is 2.00 bits per heavy atom. The van der Waals surface area contributed by atoms with Gasteiger partial charge in [0.25, 0.3) is 0 Å². The minimum Gasteiger partial charge on any atom is -0.360 e. The van der Waals surface area contributed by atoms with E-state index < -0.39 is 0 Å². The summed E-state index contributed by atoms with van der Waals surface area (Å²) in [6, 6.07) is 13.5. The second kappa shape index (κ2) is 4.95. The number of allylic oxidation sites excluding steroid dienone is 2. The molecule has 2 atom stereocenters. The van der Waals surface area contributed by atoms with Crippen LogP contribution in [0.3, 0.4) is 0 Å². The Labute approximate surface area is 123 Å². The van der Waals surface area contributed by atoms with Crippen molar-refractivity contribution in [2.75, 3.05) is 11.4 Å². The van der Waals surface area contributed by atoms with Crippen molar-refractivity contribution in [1.29, 1.82) is 0 Å². The molecule has 1 aromatic heterocycles. The summed E-state index contributed by atoms with van der Waals surface area (Å²) in [5.74, 6) is 0.578. The summed E-state index contributed by atoms with van der Waals surface area (Å²) in [5.41, 5.74) is 4.34. The minimum atomic E-state index is 0.415. The van der Waals surface area contributed by atoms with E-state index in [2.05, 4.69) is 70.3 Å². The van der Waals surface area contributed by atoms with E-state index >= 15 is 0 Å². The van der Waals surface area contributed by atoms with E-state index in [4.69, 9.17) is 0 Å². The maximum absolute atomic E-state index is 2.55. The van der Waals surface area contributed by atoms with E-state index in [1.807, 2.05) is 0 Å². The van der Waals surface area contributed by atoms with Crippen LogP contribution in [0, 0.1) is 5.92 Å². The van der Waals surface area contributed by atoms with Gasteiger partial charge in [0.1, 0.15) is 0 Å². The molecule has 0 radical (unpaired) electrons. The Hall–Kier alpha value is -1.80. The molecule has 0 spiro atoms. The molecule has 1 fully saturated rings. The first-order valence-electron chi connectivity index (χ1n) is 7.14. The molecule has 0 saturated carbocycles. The maximum Gasteiger partial charge on any atom is 0.0770 e. The fourth-order valence-corrected chi connectivity index (χ4v) is 4.04. The van der Waals surface area contributed by atoms with Crippen LogP contribution in [0.1, 0.15) is 18.0 Å². The molecule has 1 saturated heterocycles. The minimum absolute atomic E-state index is 0.415. The van der Waals surface area contributed by atoms with Gasteiger partial charge >= 0.3 is 0 Å². The molecule has 1 aliphatic carbocycles. The van der Waals surface area contributed by atoms with Gasteiger partial charge in [-0.1, -0.05) is 36.4 Å².